The lowest BCUT2D eigenvalue weighted by Gasteiger charge is -2.06. The largest absolute Gasteiger partial charge is 0.319 e. The average molecular weight is 548 g/mol. The second-order valence-corrected chi connectivity index (χ2v) is 9.00. The van der Waals surface area contributed by atoms with Gasteiger partial charge in [-0.15, -0.1) is 5.10 Å². The summed E-state index contributed by atoms with van der Waals surface area (Å²) in [5.74, 6) is 0.317. The van der Waals surface area contributed by atoms with Crippen molar-refractivity contribution in [3.05, 3.63) is 106 Å². The van der Waals surface area contributed by atoms with E-state index >= 15 is 0 Å². The molecule has 5 rings (SSSR count). The second kappa shape index (κ2) is 8.68. The molecule has 0 saturated carbocycles. The molecule has 0 aliphatic heterocycles. The number of halogens is 2. The number of fused-ring (bicyclic) bond motifs is 1. The second-order valence-electron chi connectivity index (χ2n) is 7.17. The number of aromatic nitrogens is 3. The summed E-state index contributed by atoms with van der Waals surface area (Å²) in [5, 5.41) is 9.62. The Labute approximate surface area is 201 Å². The van der Waals surface area contributed by atoms with E-state index in [-0.39, 0.29) is 11.7 Å². The van der Waals surface area contributed by atoms with Crippen LogP contribution in [0.3, 0.4) is 0 Å². The highest BCUT2D eigenvalue weighted by atomic mass is 79.9. The van der Waals surface area contributed by atoms with Crippen molar-refractivity contribution in [3.8, 4) is 17.1 Å². The van der Waals surface area contributed by atoms with Crippen molar-refractivity contribution >= 4 is 54.2 Å². The fourth-order valence-electron chi connectivity index (χ4n) is 3.41. The zero-order chi connectivity index (χ0) is 22.1. The lowest BCUT2D eigenvalue weighted by atomic mass is 10.1. The maximum Gasteiger partial charge on any atom is 0.295 e. The van der Waals surface area contributed by atoms with Gasteiger partial charge in [0, 0.05) is 20.2 Å². The van der Waals surface area contributed by atoms with Gasteiger partial charge in [-0.3, -0.25) is 4.79 Å². The van der Waals surface area contributed by atoms with E-state index in [4.69, 9.17) is 0 Å². The summed E-state index contributed by atoms with van der Waals surface area (Å²) in [6.07, 6.45) is 0. The molecule has 0 aliphatic rings. The van der Waals surface area contributed by atoms with Crippen LogP contribution in [-0.2, 0) is 0 Å². The summed E-state index contributed by atoms with van der Waals surface area (Å²) >= 11 is 6.92. The standard InChI is InChI=1S/C25H16Br2N4O/c26-19-8-5-17(6-9-19)24-29-23(30-31(24)22-13-10-20(27)11-14-22)25(32)28-21-12-7-16-3-1-2-4-18(16)15-21/h1-15H,(H,28,32). The van der Waals surface area contributed by atoms with Crippen LogP contribution >= 0.6 is 31.9 Å². The summed E-state index contributed by atoms with van der Waals surface area (Å²) < 4.78 is 3.61. The third-order valence-corrected chi connectivity index (χ3v) is 6.05. The first-order chi connectivity index (χ1) is 15.6. The number of carbonyl (C=O) groups excluding carboxylic acids is 1. The summed E-state index contributed by atoms with van der Waals surface area (Å²) in [6.45, 7) is 0. The maximum atomic E-state index is 13.0. The molecule has 0 unspecified atom stereocenters. The number of carbonyl (C=O) groups is 1. The highest BCUT2D eigenvalue weighted by Crippen LogP contribution is 2.25. The van der Waals surface area contributed by atoms with E-state index in [2.05, 4.69) is 47.3 Å². The monoisotopic (exact) mass is 546 g/mol. The Morgan fingerprint density at radius 2 is 1.44 bits per heavy atom. The Morgan fingerprint density at radius 1 is 0.781 bits per heavy atom. The minimum absolute atomic E-state index is 0.0963. The number of rotatable bonds is 4. The van der Waals surface area contributed by atoms with Gasteiger partial charge < -0.3 is 5.32 Å². The van der Waals surface area contributed by atoms with Gasteiger partial charge in [-0.2, -0.15) is 0 Å². The minimum atomic E-state index is -0.366. The summed E-state index contributed by atoms with van der Waals surface area (Å²) in [6, 6.07) is 29.3. The third-order valence-electron chi connectivity index (χ3n) is 4.99. The Morgan fingerprint density at radius 3 is 2.16 bits per heavy atom. The quantitative estimate of drug-likeness (QED) is 0.267. The van der Waals surface area contributed by atoms with Crippen molar-refractivity contribution < 1.29 is 4.79 Å². The van der Waals surface area contributed by atoms with Gasteiger partial charge in [0.2, 0.25) is 5.82 Å². The van der Waals surface area contributed by atoms with Crippen molar-refractivity contribution in [2.45, 2.75) is 0 Å². The Hall–Kier alpha value is -3.29. The number of anilines is 1. The molecule has 1 aromatic heterocycles. The molecule has 0 atom stereocenters. The topological polar surface area (TPSA) is 59.8 Å². The predicted octanol–water partition coefficient (Wildman–Crippen LogP) is 6.86. The van der Waals surface area contributed by atoms with Gasteiger partial charge >= 0.3 is 0 Å². The molecule has 5 aromatic rings. The van der Waals surface area contributed by atoms with Gasteiger partial charge in [-0.1, -0.05) is 74.3 Å². The fraction of sp³-hybridized carbons (Fsp3) is 0. The number of hydrogen-bond acceptors (Lipinski definition) is 3. The van der Waals surface area contributed by atoms with E-state index in [1.165, 1.54) is 0 Å². The van der Waals surface area contributed by atoms with Crippen molar-refractivity contribution in [1.29, 1.82) is 0 Å². The van der Waals surface area contributed by atoms with Crippen molar-refractivity contribution in [3.63, 3.8) is 0 Å². The molecule has 5 nitrogen and oxygen atoms in total. The molecule has 0 bridgehead atoms. The minimum Gasteiger partial charge on any atom is -0.319 e. The highest BCUT2D eigenvalue weighted by Gasteiger charge is 2.19. The van der Waals surface area contributed by atoms with E-state index in [0.29, 0.717) is 11.5 Å². The van der Waals surface area contributed by atoms with Crippen LogP contribution in [0.15, 0.2) is 99.9 Å². The Kier molecular flexibility index (Phi) is 5.59. The van der Waals surface area contributed by atoms with Crippen LogP contribution in [0.1, 0.15) is 10.6 Å². The molecule has 0 saturated heterocycles. The van der Waals surface area contributed by atoms with E-state index in [1.54, 1.807) is 4.68 Å². The highest BCUT2D eigenvalue weighted by molar-refractivity contribution is 9.10. The Bertz CT molecular complexity index is 1360. The zero-order valence-corrected chi connectivity index (χ0v) is 19.8. The van der Waals surface area contributed by atoms with Gasteiger partial charge in [0.05, 0.1) is 5.69 Å². The summed E-state index contributed by atoms with van der Waals surface area (Å²) in [4.78, 5) is 17.6. The smallest absolute Gasteiger partial charge is 0.295 e. The number of nitrogens with one attached hydrogen (secondary N) is 1. The van der Waals surface area contributed by atoms with E-state index in [0.717, 1.165) is 31.0 Å². The van der Waals surface area contributed by atoms with E-state index in [9.17, 15) is 4.79 Å². The lowest BCUT2D eigenvalue weighted by Crippen LogP contribution is -2.14. The SMILES string of the molecule is O=C(Nc1ccc2ccccc2c1)c1nc(-c2ccc(Br)cc2)n(-c2ccc(Br)cc2)n1. The van der Waals surface area contributed by atoms with E-state index in [1.807, 2.05) is 91.0 Å². The average Bonchev–Trinajstić information content (AvgIpc) is 3.26. The van der Waals surface area contributed by atoms with Crippen molar-refractivity contribution in [1.82, 2.24) is 14.8 Å². The molecule has 4 aromatic carbocycles. The molecule has 32 heavy (non-hydrogen) atoms. The molecule has 1 heterocycles. The summed E-state index contributed by atoms with van der Waals surface area (Å²) in [5.41, 5.74) is 2.36. The molecule has 0 aliphatic carbocycles. The first kappa shape index (κ1) is 20.6. The molecule has 0 fully saturated rings. The van der Waals surface area contributed by atoms with Crippen LogP contribution in [0.2, 0.25) is 0 Å². The number of nitrogens with zero attached hydrogens (tertiary/aromatic N) is 3. The lowest BCUT2D eigenvalue weighted by molar-refractivity contribution is 0.101. The van der Waals surface area contributed by atoms with Crippen LogP contribution in [0.4, 0.5) is 5.69 Å². The molecule has 7 heteroatoms. The van der Waals surface area contributed by atoms with Gasteiger partial charge in [-0.25, -0.2) is 9.67 Å². The number of hydrogen-bond donors (Lipinski definition) is 1. The van der Waals surface area contributed by atoms with Gasteiger partial charge in [0.25, 0.3) is 5.91 Å². The number of amides is 1. The molecule has 0 spiro atoms. The van der Waals surface area contributed by atoms with Gasteiger partial charge in [0.15, 0.2) is 5.82 Å². The fourth-order valence-corrected chi connectivity index (χ4v) is 3.94. The van der Waals surface area contributed by atoms with Crippen LogP contribution in [0, 0.1) is 0 Å². The molecule has 1 amide bonds. The van der Waals surface area contributed by atoms with Crippen LogP contribution in [0.5, 0.6) is 0 Å². The molecule has 156 valence electrons. The molecular formula is C25H16Br2N4O. The first-order valence-corrected chi connectivity index (χ1v) is 11.4. The first-order valence-electron chi connectivity index (χ1n) is 9.86. The van der Waals surface area contributed by atoms with Gasteiger partial charge in [0.1, 0.15) is 0 Å². The summed E-state index contributed by atoms with van der Waals surface area (Å²) in [7, 11) is 0. The number of benzene rings is 4. The third kappa shape index (κ3) is 4.22. The molecule has 1 N–H and O–H groups in total. The van der Waals surface area contributed by atoms with Crippen LogP contribution in [-0.4, -0.2) is 20.7 Å². The van der Waals surface area contributed by atoms with Crippen molar-refractivity contribution in [2.75, 3.05) is 5.32 Å². The van der Waals surface area contributed by atoms with Crippen LogP contribution < -0.4 is 5.32 Å². The zero-order valence-electron chi connectivity index (χ0n) is 16.7. The molecule has 0 radical (unpaired) electrons. The maximum absolute atomic E-state index is 13.0. The predicted molar refractivity (Wildman–Crippen MR) is 134 cm³/mol. The van der Waals surface area contributed by atoms with Crippen LogP contribution in [0.25, 0.3) is 27.8 Å². The molecular weight excluding hydrogens is 532 g/mol. The van der Waals surface area contributed by atoms with Gasteiger partial charge in [-0.05, 0) is 59.3 Å². The van der Waals surface area contributed by atoms with Crippen molar-refractivity contribution in [2.24, 2.45) is 0 Å². The Balaban J connectivity index is 1.52. The normalized spacial score (nSPS) is 10.9. The van der Waals surface area contributed by atoms with E-state index < -0.39 is 0 Å².